The number of hydrogen-bond donors (Lipinski definition) is 0. The van der Waals surface area contributed by atoms with Crippen molar-refractivity contribution in [2.45, 2.75) is 18.6 Å². The van der Waals surface area contributed by atoms with Crippen molar-refractivity contribution in [3.8, 4) is 0 Å². The van der Waals surface area contributed by atoms with Gasteiger partial charge in [0.1, 0.15) is 5.78 Å². The summed E-state index contributed by atoms with van der Waals surface area (Å²) < 4.78 is 30.8. The number of benzene rings is 1. The molecule has 1 rings (SSSR count). The summed E-state index contributed by atoms with van der Waals surface area (Å²) in [7, 11) is -4.85. The van der Waals surface area contributed by atoms with Gasteiger partial charge in [0.05, 0.1) is 0 Å². The molecule has 0 aromatic heterocycles. The molecule has 1 aromatic rings. The van der Waals surface area contributed by atoms with Gasteiger partial charge >= 0.3 is 59.1 Å². The summed E-state index contributed by atoms with van der Waals surface area (Å²) in [6.45, 7) is 2.89. The molecule has 0 aliphatic rings. The van der Waals surface area contributed by atoms with Gasteiger partial charge in [-0.2, -0.15) is 0 Å². The van der Waals surface area contributed by atoms with Gasteiger partial charge in [-0.3, -0.25) is 13.2 Å². The molecular weight excluding hydrogens is 294 g/mol. The largest absolute Gasteiger partial charge is 1.00 e. The van der Waals surface area contributed by atoms with Gasteiger partial charge in [0.25, 0.3) is 0 Å². The number of rotatable bonds is 4. The van der Waals surface area contributed by atoms with Gasteiger partial charge in [-0.05, 0) is 4.75 Å². The Labute approximate surface area is 155 Å². The van der Waals surface area contributed by atoms with Crippen LogP contribution in [0.1, 0.15) is 24.2 Å². The molecule has 0 unspecified atom stereocenters. The average Bonchev–Trinajstić information content (AvgIpc) is 2.14. The fourth-order valence-corrected chi connectivity index (χ4v) is 3.96. The van der Waals surface area contributed by atoms with Crippen LogP contribution in [-0.4, -0.2) is 23.5 Å². The number of thiol groups is 1. The van der Waals surface area contributed by atoms with Crippen LogP contribution < -0.4 is 59.1 Å². The predicted molar refractivity (Wildman–Crippen MR) is 63.3 cm³/mol. The molecule has 0 aliphatic heterocycles. The van der Waals surface area contributed by atoms with Crippen LogP contribution in [0.2, 0.25) is 0 Å². The van der Waals surface area contributed by atoms with E-state index in [-0.39, 0.29) is 64.9 Å². The quantitative estimate of drug-likeness (QED) is 0.139. The first-order chi connectivity index (χ1) is 7.22. The summed E-state index contributed by atoms with van der Waals surface area (Å²) in [5, 5.41) is 0. The normalized spacial score (nSPS) is 11.3. The molecule has 0 amide bonds. The number of ketones is 1. The zero-order valence-corrected chi connectivity index (χ0v) is 16.6. The smallest absolute Gasteiger partial charge is 0.766 e. The van der Waals surface area contributed by atoms with Gasteiger partial charge in [-0.1, -0.05) is 44.2 Å². The second kappa shape index (κ2) is 8.44. The molecule has 8 heteroatoms. The molecule has 4 nitrogen and oxygen atoms in total. The van der Waals surface area contributed by atoms with Crippen molar-refractivity contribution < 1.29 is 76.9 Å². The van der Waals surface area contributed by atoms with E-state index < -0.39 is 24.7 Å². The van der Waals surface area contributed by atoms with Gasteiger partial charge in [0, 0.05) is 14.7 Å². The first-order valence-corrected chi connectivity index (χ1v) is 7.43. The van der Waals surface area contributed by atoms with Crippen LogP contribution in [0.15, 0.2) is 30.3 Å². The Hall–Kier alpha value is 1.15. The zero-order chi connectivity index (χ0) is 12.4. The SMILES string of the molecule is CC(C)([SH-]S(=O)(=O)[O-])C(=O)c1ccccc1.[Na+].[Na+]. The molecule has 0 atom stereocenters. The van der Waals surface area contributed by atoms with E-state index in [1.807, 2.05) is 0 Å². The average molecular weight is 306 g/mol. The Morgan fingerprint density at radius 2 is 1.61 bits per heavy atom. The molecule has 1 aromatic carbocycles. The van der Waals surface area contributed by atoms with Gasteiger partial charge in [0.2, 0.25) is 0 Å². The van der Waals surface area contributed by atoms with Crippen molar-refractivity contribution >= 4 is 25.7 Å². The molecule has 0 aliphatic carbocycles. The number of carbonyl (C=O) groups excluding carboxylic acids is 1. The van der Waals surface area contributed by atoms with Crippen molar-refractivity contribution in [3.63, 3.8) is 0 Å². The molecule has 0 N–H and O–H groups in total. The number of Topliss-reactive ketones (excluding diaryl/α,β-unsaturated/α-hetero) is 1. The summed E-state index contributed by atoms with van der Waals surface area (Å²) in [6, 6.07) is 8.32. The number of hydrogen-bond acceptors (Lipinski definition) is 5. The van der Waals surface area contributed by atoms with E-state index in [0.29, 0.717) is 5.56 Å². The van der Waals surface area contributed by atoms with Crippen LogP contribution in [-0.2, 0) is 19.9 Å². The maximum absolute atomic E-state index is 11.9. The Morgan fingerprint density at radius 3 is 2.00 bits per heavy atom. The van der Waals surface area contributed by atoms with E-state index in [2.05, 4.69) is 0 Å². The maximum atomic E-state index is 11.9. The van der Waals surface area contributed by atoms with Crippen LogP contribution in [0.5, 0.6) is 0 Å². The van der Waals surface area contributed by atoms with Crippen molar-refractivity contribution in [2.75, 3.05) is 0 Å². The fraction of sp³-hybridized carbons (Fsp3) is 0.300. The van der Waals surface area contributed by atoms with E-state index in [1.165, 1.54) is 13.8 Å². The van der Waals surface area contributed by atoms with Gasteiger partial charge < -0.3 is 15.3 Å². The molecule has 0 saturated carbocycles. The summed E-state index contributed by atoms with van der Waals surface area (Å²) in [5.74, 6) is -0.353. The third kappa shape index (κ3) is 7.07. The van der Waals surface area contributed by atoms with Crippen molar-refractivity contribution in [2.24, 2.45) is 0 Å². The van der Waals surface area contributed by atoms with Crippen molar-refractivity contribution in [1.29, 1.82) is 0 Å². The van der Waals surface area contributed by atoms with Crippen LogP contribution in [0.25, 0.3) is 0 Å². The molecule has 0 saturated heterocycles. The minimum absolute atomic E-state index is 0. The second-order valence-electron chi connectivity index (χ2n) is 3.77. The fourth-order valence-electron chi connectivity index (χ4n) is 1.26. The van der Waals surface area contributed by atoms with Gasteiger partial charge in [-0.15, -0.1) is 0 Å². The van der Waals surface area contributed by atoms with E-state index in [1.54, 1.807) is 30.3 Å². The third-order valence-electron chi connectivity index (χ3n) is 1.93. The Bertz CT molecular complexity index is 486. The Kier molecular flexibility index (Phi) is 10.1. The van der Waals surface area contributed by atoms with Gasteiger partial charge in [0.15, 0.2) is 0 Å². The van der Waals surface area contributed by atoms with E-state index in [0.717, 1.165) is 0 Å². The standard InChI is InChI=1S/C10H13O4S2.2Na/c1-10(2,15-16(12,13)14)9(11)8-6-4-3-5-7-8;;/h3-7,15H,1-2H3,(H,12,13,14);;/q-1;2*+1/p-1. The molecule has 18 heavy (non-hydrogen) atoms. The number of carbonyl (C=O) groups is 1. The zero-order valence-electron chi connectivity index (χ0n) is 10.9. The van der Waals surface area contributed by atoms with Crippen molar-refractivity contribution in [3.05, 3.63) is 35.9 Å². The van der Waals surface area contributed by atoms with Crippen LogP contribution in [0.3, 0.4) is 0 Å². The minimum Gasteiger partial charge on any atom is -0.766 e. The monoisotopic (exact) mass is 306 g/mol. The van der Waals surface area contributed by atoms with Crippen LogP contribution in [0.4, 0.5) is 0 Å². The molecular formula is C10H12Na2O4S2. The van der Waals surface area contributed by atoms with Crippen LogP contribution in [0, 0.1) is 0 Å². The molecule has 90 valence electrons. The van der Waals surface area contributed by atoms with E-state index in [4.69, 9.17) is 0 Å². The Balaban J connectivity index is 0. The molecule has 0 spiro atoms. The summed E-state index contributed by atoms with van der Waals surface area (Å²) in [4.78, 5) is 11.9. The first kappa shape index (κ1) is 21.4. The summed E-state index contributed by atoms with van der Waals surface area (Å²) in [6.07, 6.45) is 0. The molecule has 0 radical (unpaired) electrons. The van der Waals surface area contributed by atoms with Gasteiger partial charge in [-0.25, -0.2) is 0 Å². The third-order valence-corrected chi connectivity index (χ3v) is 4.85. The maximum Gasteiger partial charge on any atom is 1.00 e. The summed E-state index contributed by atoms with van der Waals surface area (Å²) in [5.41, 5.74) is 0.406. The Morgan fingerprint density at radius 1 is 1.17 bits per heavy atom. The second-order valence-corrected chi connectivity index (χ2v) is 7.82. The van der Waals surface area contributed by atoms with Crippen molar-refractivity contribution in [1.82, 2.24) is 0 Å². The molecule has 0 fully saturated rings. The molecule has 0 bridgehead atoms. The topological polar surface area (TPSA) is 74.3 Å². The molecule has 0 heterocycles. The minimum atomic E-state index is -4.43. The van der Waals surface area contributed by atoms with E-state index in [9.17, 15) is 17.8 Å². The first-order valence-electron chi connectivity index (χ1n) is 4.52. The predicted octanol–water partition coefficient (Wildman–Crippen LogP) is -5.07. The van der Waals surface area contributed by atoms with E-state index >= 15 is 0 Å². The van der Waals surface area contributed by atoms with Crippen LogP contribution >= 0.6 is 0 Å². The summed E-state index contributed by atoms with van der Waals surface area (Å²) >= 11 is 0.